The van der Waals surface area contributed by atoms with Crippen molar-refractivity contribution in [3.8, 4) is 5.75 Å². The standard InChI is InChI=1S/C20H21N5O2/c21-7-10-27-16-5-1-3-14(11-16)20(26)25-9-6-17-18(24-13-23-17)19(25)15-4-2-8-22-12-15/h1-5,8,11-13,19H,6-7,9-10,21H2,(H,23,24). The third kappa shape index (κ3) is 3.41. The van der Waals surface area contributed by atoms with Gasteiger partial charge in [0.15, 0.2) is 0 Å². The topological polar surface area (TPSA) is 97.1 Å². The molecule has 1 atom stereocenters. The van der Waals surface area contributed by atoms with E-state index >= 15 is 0 Å². The SMILES string of the molecule is NCCOc1cccc(C(=O)N2CCc3[nH]cnc3C2c2cccnc2)c1. The van der Waals surface area contributed by atoms with Crippen molar-refractivity contribution in [2.75, 3.05) is 19.7 Å². The molecule has 4 rings (SSSR count). The molecule has 1 aliphatic rings. The molecule has 7 nitrogen and oxygen atoms in total. The monoisotopic (exact) mass is 363 g/mol. The number of pyridine rings is 1. The van der Waals surface area contributed by atoms with E-state index in [9.17, 15) is 4.79 Å². The van der Waals surface area contributed by atoms with E-state index in [-0.39, 0.29) is 11.9 Å². The second-order valence-corrected chi connectivity index (χ2v) is 6.37. The van der Waals surface area contributed by atoms with Crippen LogP contribution in [-0.2, 0) is 6.42 Å². The summed E-state index contributed by atoms with van der Waals surface area (Å²) in [4.78, 5) is 27.1. The number of carbonyl (C=O) groups is 1. The minimum absolute atomic E-state index is 0.0595. The number of rotatable bonds is 5. The van der Waals surface area contributed by atoms with E-state index in [0.717, 1.165) is 23.4 Å². The van der Waals surface area contributed by atoms with Crippen LogP contribution in [0.15, 0.2) is 55.1 Å². The Morgan fingerprint density at radius 3 is 3.07 bits per heavy atom. The summed E-state index contributed by atoms with van der Waals surface area (Å²) >= 11 is 0. The second kappa shape index (κ2) is 7.59. The number of aromatic amines is 1. The lowest BCUT2D eigenvalue weighted by atomic mass is 9.96. The van der Waals surface area contributed by atoms with Crippen LogP contribution in [0.4, 0.5) is 0 Å². The maximum absolute atomic E-state index is 13.3. The summed E-state index contributed by atoms with van der Waals surface area (Å²) in [5, 5.41) is 0. The Hall–Kier alpha value is -3.19. The summed E-state index contributed by atoms with van der Waals surface area (Å²) in [7, 11) is 0. The van der Waals surface area contributed by atoms with Gasteiger partial charge in [0.1, 0.15) is 18.4 Å². The summed E-state index contributed by atoms with van der Waals surface area (Å²) in [6.45, 7) is 1.44. The number of ether oxygens (including phenoxy) is 1. The molecule has 0 radical (unpaired) electrons. The number of carbonyl (C=O) groups excluding carboxylic acids is 1. The number of fused-ring (bicyclic) bond motifs is 1. The van der Waals surface area contributed by atoms with Crippen molar-refractivity contribution < 1.29 is 9.53 Å². The maximum Gasteiger partial charge on any atom is 0.254 e. The summed E-state index contributed by atoms with van der Waals surface area (Å²) in [5.41, 5.74) is 8.95. The summed E-state index contributed by atoms with van der Waals surface area (Å²) in [6.07, 6.45) is 5.93. The highest BCUT2D eigenvalue weighted by atomic mass is 16.5. The lowest BCUT2D eigenvalue weighted by molar-refractivity contribution is 0.0690. The number of benzene rings is 1. The molecule has 3 aromatic rings. The molecule has 1 aliphatic heterocycles. The Kier molecular flexibility index (Phi) is 4.84. The van der Waals surface area contributed by atoms with E-state index < -0.39 is 0 Å². The molecule has 1 unspecified atom stereocenters. The molecule has 0 spiro atoms. The quantitative estimate of drug-likeness (QED) is 0.722. The van der Waals surface area contributed by atoms with Crippen molar-refractivity contribution in [1.29, 1.82) is 0 Å². The Morgan fingerprint density at radius 2 is 2.26 bits per heavy atom. The fourth-order valence-electron chi connectivity index (χ4n) is 3.43. The molecule has 7 heteroatoms. The highest BCUT2D eigenvalue weighted by Gasteiger charge is 2.34. The van der Waals surface area contributed by atoms with E-state index in [1.54, 1.807) is 30.9 Å². The van der Waals surface area contributed by atoms with Gasteiger partial charge in [-0.3, -0.25) is 9.78 Å². The van der Waals surface area contributed by atoms with Gasteiger partial charge in [0.2, 0.25) is 0 Å². The first-order chi connectivity index (χ1) is 13.3. The van der Waals surface area contributed by atoms with Gasteiger partial charge in [-0.2, -0.15) is 0 Å². The maximum atomic E-state index is 13.3. The van der Waals surface area contributed by atoms with Crippen molar-refractivity contribution in [2.45, 2.75) is 12.5 Å². The lowest BCUT2D eigenvalue weighted by Gasteiger charge is -2.35. The van der Waals surface area contributed by atoms with E-state index in [1.165, 1.54) is 0 Å². The normalized spacial score (nSPS) is 16.0. The van der Waals surface area contributed by atoms with Gasteiger partial charge in [0.05, 0.1) is 12.0 Å². The predicted molar refractivity (Wildman–Crippen MR) is 100 cm³/mol. The lowest BCUT2D eigenvalue weighted by Crippen LogP contribution is -2.40. The van der Waals surface area contributed by atoms with E-state index in [0.29, 0.717) is 31.0 Å². The predicted octanol–water partition coefficient (Wildman–Crippen LogP) is 1.93. The summed E-state index contributed by atoms with van der Waals surface area (Å²) in [5.74, 6) is 0.581. The molecule has 1 amide bonds. The first-order valence-corrected chi connectivity index (χ1v) is 8.94. The third-order valence-corrected chi connectivity index (χ3v) is 4.65. The zero-order valence-electron chi connectivity index (χ0n) is 14.8. The van der Waals surface area contributed by atoms with Gasteiger partial charge in [-0.15, -0.1) is 0 Å². The zero-order valence-corrected chi connectivity index (χ0v) is 14.8. The first-order valence-electron chi connectivity index (χ1n) is 8.94. The van der Waals surface area contributed by atoms with E-state index in [1.807, 2.05) is 29.2 Å². The highest BCUT2D eigenvalue weighted by Crippen LogP contribution is 2.34. The van der Waals surface area contributed by atoms with Crippen LogP contribution >= 0.6 is 0 Å². The summed E-state index contributed by atoms with van der Waals surface area (Å²) in [6, 6.07) is 10.8. The number of nitrogens with two attached hydrogens (primary N) is 1. The number of hydrogen-bond donors (Lipinski definition) is 2. The molecule has 27 heavy (non-hydrogen) atoms. The molecule has 0 bridgehead atoms. The molecule has 3 heterocycles. The van der Waals surface area contributed by atoms with Crippen LogP contribution in [0.3, 0.4) is 0 Å². The number of nitrogens with one attached hydrogen (secondary N) is 1. The Balaban J connectivity index is 1.68. The van der Waals surface area contributed by atoms with Gasteiger partial charge in [-0.05, 0) is 29.8 Å². The summed E-state index contributed by atoms with van der Waals surface area (Å²) < 4.78 is 5.57. The largest absolute Gasteiger partial charge is 0.492 e. The zero-order chi connectivity index (χ0) is 18.6. The number of hydrogen-bond acceptors (Lipinski definition) is 5. The van der Waals surface area contributed by atoms with Crippen molar-refractivity contribution in [3.05, 3.63) is 77.6 Å². The van der Waals surface area contributed by atoms with Crippen LogP contribution in [0.1, 0.15) is 33.4 Å². The Labute approximate surface area is 157 Å². The molecule has 0 aliphatic carbocycles. The molecular weight excluding hydrogens is 342 g/mol. The van der Waals surface area contributed by atoms with Crippen molar-refractivity contribution in [2.24, 2.45) is 5.73 Å². The van der Waals surface area contributed by atoms with E-state index in [4.69, 9.17) is 10.5 Å². The average molecular weight is 363 g/mol. The van der Waals surface area contributed by atoms with Crippen molar-refractivity contribution >= 4 is 5.91 Å². The molecule has 3 N–H and O–H groups in total. The minimum atomic E-state index is -0.269. The molecular formula is C20H21N5O2. The molecule has 2 aromatic heterocycles. The molecule has 1 aromatic carbocycles. The number of nitrogens with zero attached hydrogens (tertiary/aromatic N) is 3. The van der Waals surface area contributed by atoms with Gasteiger partial charge >= 0.3 is 0 Å². The molecule has 138 valence electrons. The first kappa shape index (κ1) is 17.2. The van der Waals surface area contributed by atoms with Crippen LogP contribution in [0, 0.1) is 0 Å². The fraction of sp³-hybridized carbons (Fsp3) is 0.250. The van der Waals surface area contributed by atoms with Gasteiger partial charge < -0.3 is 20.4 Å². The van der Waals surface area contributed by atoms with E-state index in [2.05, 4.69) is 15.0 Å². The van der Waals surface area contributed by atoms with Crippen molar-refractivity contribution in [1.82, 2.24) is 19.9 Å². The minimum Gasteiger partial charge on any atom is -0.492 e. The third-order valence-electron chi connectivity index (χ3n) is 4.65. The van der Waals surface area contributed by atoms with Crippen molar-refractivity contribution in [3.63, 3.8) is 0 Å². The average Bonchev–Trinajstić information content (AvgIpc) is 3.20. The fourth-order valence-corrected chi connectivity index (χ4v) is 3.43. The molecule has 0 fully saturated rings. The van der Waals surface area contributed by atoms with Crippen LogP contribution < -0.4 is 10.5 Å². The number of amides is 1. The molecule has 0 saturated carbocycles. The van der Waals surface area contributed by atoms with Crippen LogP contribution in [0.2, 0.25) is 0 Å². The van der Waals surface area contributed by atoms with Crippen LogP contribution in [-0.4, -0.2) is 45.5 Å². The Morgan fingerprint density at radius 1 is 1.33 bits per heavy atom. The smallest absolute Gasteiger partial charge is 0.254 e. The van der Waals surface area contributed by atoms with Gasteiger partial charge in [-0.1, -0.05) is 12.1 Å². The van der Waals surface area contributed by atoms with Crippen LogP contribution in [0.25, 0.3) is 0 Å². The number of aromatic nitrogens is 3. The highest BCUT2D eigenvalue weighted by molar-refractivity contribution is 5.95. The van der Waals surface area contributed by atoms with Gasteiger partial charge in [0.25, 0.3) is 5.91 Å². The van der Waals surface area contributed by atoms with Crippen LogP contribution in [0.5, 0.6) is 5.75 Å². The Bertz CT molecular complexity index is 925. The second-order valence-electron chi connectivity index (χ2n) is 6.37. The number of imidazole rings is 1. The van der Waals surface area contributed by atoms with Gasteiger partial charge in [0, 0.05) is 43.2 Å². The number of H-pyrrole nitrogens is 1. The van der Waals surface area contributed by atoms with Gasteiger partial charge in [-0.25, -0.2) is 4.98 Å². The molecule has 0 saturated heterocycles.